The summed E-state index contributed by atoms with van der Waals surface area (Å²) in [5.41, 5.74) is 6.92. The molecule has 0 unspecified atom stereocenters. The van der Waals surface area contributed by atoms with Crippen molar-refractivity contribution in [2.75, 3.05) is 5.32 Å². The quantitative estimate of drug-likeness (QED) is 0.579. The lowest BCUT2D eigenvalue weighted by Crippen LogP contribution is -2.20. The van der Waals surface area contributed by atoms with Crippen LogP contribution in [-0.4, -0.2) is 11.9 Å². The highest BCUT2D eigenvalue weighted by molar-refractivity contribution is 5.93. The van der Waals surface area contributed by atoms with Crippen LogP contribution in [0.1, 0.15) is 75.6 Å². The van der Waals surface area contributed by atoms with Crippen LogP contribution >= 0.6 is 0 Å². The molecule has 0 aromatic heterocycles. The molecule has 3 N–H and O–H groups in total. The van der Waals surface area contributed by atoms with Gasteiger partial charge < -0.3 is 11.1 Å². The van der Waals surface area contributed by atoms with E-state index in [2.05, 4.69) is 19.2 Å². The Bertz CT molecular complexity index is 407. The van der Waals surface area contributed by atoms with Gasteiger partial charge in [-0.2, -0.15) is 0 Å². The molecular formula is C18H30N2O. The average Bonchev–Trinajstić information content (AvgIpc) is 2.48. The average molecular weight is 290 g/mol. The SMILES string of the molecule is CCCCCC(CCCCC)Nc1cccc(C(N)=O)c1. The number of primary amides is 1. The first-order chi connectivity index (χ1) is 10.2. The van der Waals surface area contributed by atoms with Gasteiger partial charge in [-0.25, -0.2) is 0 Å². The smallest absolute Gasteiger partial charge is 0.248 e. The Kier molecular flexibility index (Phi) is 8.56. The number of carbonyl (C=O) groups is 1. The van der Waals surface area contributed by atoms with Gasteiger partial charge in [0, 0.05) is 17.3 Å². The molecule has 3 heteroatoms. The monoisotopic (exact) mass is 290 g/mol. The van der Waals surface area contributed by atoms with Crippen molar-refractivity contribution in [1.82, 2.24) is 0 Å². The number of unbranched alkanes of at least 4 members (excludes halogenated alkanes) is 4. The number of nitrogens with one attached hydrogen (secondary N) is 1. The van der Waals surface area contributed by atoms with Crippen molar-refractivity contribution < 1.29 is 4.79 Å². The van der Waals surface area contributed by atoms with Crippen molar-refractivity contribution in [1.29, 1.82) is 0 Å². The topological polar surface area (TPSA) is 55.1 Å². The Labute approximate surface area is 129 Å². The van der Waals surface area contributed by atoms with E-state index in [4.69, 9.17) is 5.73 Å². The fraction of sp³-hybridized carbons (Fsp3) is 0.611. The van der Waals surface area contributed by atoms with E-state index in [1.54, 1.807) is 6.07 Å². The number of benzene rings is 1. The number of nitrogens with two attached hydrogens (primary N) is 1. The molecule has 0 bridgehead atoms. The number of hydrogen-bond donors (Lipinski definition) is 2. The molecule has 0 aliphatic carbocycles. The molecule has 1 amide bonds. The van der Waals surface area contributed by atoms with Crippen LogP contribution in [0.5, 0.6) is 0 Å². The van der Waals surface area contributed by atoms with E-state index in [0.717, 1.165) is 5.69 Å². The lowest BCUT2D eigenvalue weighted by molar-refractivity contribution is 0.100. The maximum absolute atomic E-state index is 11.3. The predicted molar refractivity (Wildman–Crippen MR) is 90.7 cm³/mol. The van der Waals surface area contributed by atoms with Crippen molar-refractivity contribution in [2.24, 2.45) is 5.73 Å². The van der Waals surface area contributed by atoms with Gasteiger partial charge in [0.15, 0.2) is 0 Å². The van der Waals surface area contributed by atoms with Crippen molar-refractivity contribution in [3.8, 4) is 0 Å². The van der Waals surface area contributed by atoms with Gasteiger partial charge in [0.2, 0.25) is 5.91 Å². The molecule has 0 aliphatic rings. The molecule has 0 saturated carbocycles. The normalized spacial score (nSPS) is 10.8. The van der Waals surface area contributed by atoms with Crippen molar-refractivity contribution in [3.63, 3.8) is 0 Å². The standard InChI is InChI=1S/C18H30N2O/c1-3-5-7-11-16(12-8-6-4-2)20-17-13-9-10-15(14-17)18(19)21/h9-10,13-14,16,20H,3-8,11-12H2,1-2H3,(H2,19,21). The molecule has 1 aromatic rings. The number of hydrogen-bond acceptors (Lipinski definition) is 2. The van der Waals surface area contributed by atoms with E-state index in [0.29, 0.717) is 11.6 Å². The van der Waals surface area contributed by atoms with Crippen LogP contribution in [0.2, 0.25) is 0 Å². The number of carbonyl (C=O) groups excluding carboxylic acids is 1. The van der Waals surface area contributed by atoms with Gasteiger partial charge in [0.25, 0.3) is 0 Å². The van der Waals surface area contributed by atoms with E-state index in [9.17, 15) is 4.79 Å². The van der Waals surface area contributed by atoms with Crippen LogP contribution in [0.3, 0.4) is 0 Å². The van der Waals surface area contributed by atoms with Crippen molar-refractivity contribution in [2.45, 2.75) is 71.3 Å². The van der Waals surface area contributed by atoms with Gasteiger partial charge in [-0.05, 0) is 31.0 Å². The summed E-state index contributed by atoms with van der Waals surface area (Å²) in [6.07, 6.45) is 9.97. The van der Waals surface area contributed by atoms with Crippen LogP contribution < -0.4 is 11.1 Å². The van der Waals surface area contributed by atoms with Gasteiger partial charge in [-0.3, -0.25) is 4.79 Å². The maximum atomic E-state index is 11.3. The molecule has 0 heterocycles. The van der Waals surface area contributed by atoms with Crippen LogP contribution in [0.15, 0.2) is 24.3 Å². The summed E-state index contributed by atoms with van der Waals surface area (Å²) in [7, 11) is 0. The Hall–Kier alpha value is -1.51. The van der Waals surface area contributed by atoms with E-state index >= 15 is 0 Å². The summed E-state index contributed by atoms with van der Waals surface area (Å²) >= 11 is 0. The number of rotatable bonds is 11. The first-order valence-electron chi connectivity index (χ1n) is 8.33. The van der Waals surface area contributed by atoms with Crippen molar-refractivity contribution in [3.05, 3.63) is 29.8 Å². The van der Waals surface area contributed by atoms with Gasteiger partial charge in [-0.15, -0.1) is 0 Å². The molecule has 0 atom stereocenters. The zero-order valence-corrected chi connectivity index (χ0v) is 13.5. The van der Waals surface area contributed by atoms with Gasteiger partial charge >= 0.3 is 0 Å². The number of anilines is 1. The third kappa shape index (κ3) is 7.16. The Morgan fingerprint density at radius 1 is 1.10 bits per heavy atom. The van der Waals surface area contributed by atoms with E-state index in [1.165, 1.54) is 51.4 Å². The van der Waals surface area contributed by atoms with Gasteiger partial charge in [-0.1, -0.05) is 58.4 Å². The summed E-state index contributed by atoms with van der Waals surface area (Å²) < 4.78 is 0. The largest absolute Gasteiger partial charge is 0.382 e. The second-order valence-electron chi connectivity index (χ2n) is 5.78. The molecule has 0 radical (unpaired) electrons. The van der Waals surface area contributed by atoms with Gasteiger partial charge in [0.1, 0.15) is 0 Å². The van der Waals surface area contributed by atoms with Crippen LogP contribution in [0.4, 0.5) is 5.69 Å². The molecule has 118 valence electrons. The van der Waals surface area contributed by atoms with Crippen LogP contribution in [0.25, 0.3) is 0 Å². The van der Waals surface area contributed by atoms with E-state index < -0.39 is 0 Å². The maximum Gasteiger partial charge on any atom is 0.248 e. The molecule has 0 aliphatic heterocycles. The minimum absolute atomic E-state index is 0.368. The van der Waals surface area contributed by atoms with Crippen LogP contribution in [0, 0.1) is 0 Å². The molecule has 3 nitrogen and oxygen atoms in total. The van der Waals surface area contributed by atoms with E-state index in [-0.39, 0.29) is 5.91 Å². The molecule has 0 saturated heterocycles. The fourth-order valence-corrected chi connectivity index (χ4v) is 2.57. The first kappa shape index (κ1) is 17.5. The Balaban J connectivity index is 2.60. The predicted octanol–water partition coefficient (Wildman–Crippen LogP) is 4.73. The second-order valence-corrected chi connectivity index (χ2v) is 5.78. The highest BCUT2D eigenvalue weighted by atomic mass is 16.1. The lowest BCUT2D eigenvalue weighted by Gasteiger charge is -2.20. The minimum atomic E-state index is -0.368. The van der Waals surface area contributed by atoms with Gasteiger partial charge in [0.05, 0.1) is 0 Å². The highest BCUT2D eigenvalue weighted by Crippen LogP contribution is 2.18. The second kappa shape index (κ2) is 10.3. The fourth-order valence-electron chi connectivity index (χ4n) is 2.57. The third-order valence-corrected chi connectivity index (χ3v) is 3.83. The third-order valence-electron chi connectivity index (χ3n) is 3.83. The molecule has 1 rings (SSSR count). The minimum Gasteiger partial charge on any atom is -0.382 e. The molecule has 0 fully saturated rings. The summed E-state index contributed by atoms with van der Waals surface area (Å²) in [5.74, 6) is -0.368. The zero-order valence-electron chi connectivity index (χ0n) is 13.5. The zero-order chi connectivity index (χ0) is 15.5. The van der Waals surface area contributed by atoms with Crippen LogP contribution in [-0.2, 0) is 0 Å². The molecule has 21 heavy (non-hydrogen) atoms. The Morgan fingerprint density at radius 3 is 2.24 bits per heavy atom. The molecular weight excluding hydrogens is 260 g/mol. The van der Waals surface area contributed by atoms with Crippen molar-refractivity contribution >= 4 is 11.6 Å². The molecule has 0 spiro atoms. The number of amides is 1. The summed E-state index contributed by atoms with van der Waals surface area (Å²) in [4.78, 5) is 11.3. The summed E-state index contributed by atoms with van der Waals surface area (Å²) in [6.45, 7) is 4.46. The first-order valence-corrected chi connectivity index (χ1v) is 8.33. The lowest BCUT2D eigenvalue weighted by atomic mass is 10.0. The highest BCUT2D eigenvalue weighted by Gasteiger charge is 2.09. The van der Waals surface area contributed by atoms with E-state index in [1.807, 2.05) is 18.2 Å². The summed E-state index contributed by atoms with van der Waals surface area (Å²) in [5, 5.41) is 3.58. The molecule has 1 aromatic carbocycles. The summed E-state index contributed by atoms with van der Waals surface area (Å²) in [6, 6.07) is 8.01. The Morgan fingerprint density at radius 2 is 1.71 bits per heavy atom.